The van der Waals surface area contributed by atoms with Gasteiger partial charge in [0.1, 0.15) is 0 Å². The average molecular weight is 280 g/mol. The second-order valence-corrected chi connectivity index (χ2v) is 5.93. The minimum absolute atomic E-state index is 0.0869. The van der Waals surface area contributed by atoms with Gasteiger partial charge in [0.15, 0.2) is 0 Å². The predicted octanol–water partition coefficient (Wildman–Crippen LogP) is 4.58. The molecule has 0 aliphatic rings. The zero-order chi connectivity index (χ0) is 13.3. The Balaban J connectivity index is 2.18. The largest absolute Gasteiger partial charge is 0.321 e. The molecule has 1 aromatic heterocycles. The zero-order valence-corrected chi connectivity index (χ0v) is 12.1. The molecule has 94 valence electrons. The van der Waals surface area contributed by atoms with E-state index in [0.29, 0.717) is 5.02 Å². The third kappa shape index (κ3) is 2.74. The molecule has 0 radical (unpaired) electrons. The maximum Gasteiger partial charge on any atom is 0.265 e. The summed E-state index contributed by atoms with van der Waals surface area (Å²) in [6, 6.07) is 7.42. The number of carbonyl (C=O) groups is 1. The van der Waals surface area contributed by atoms with Crippen LogP contribution in [0.15, 0.2) is 24.3 Å². The summed E-state index contributed by atoms with van der Waals surface area (Å²) in [5.41, 5.74) is 2.86. The molecule has 2 nitrogen and oxygen atoms in total. The second-order valence-electron chi connectivity index (χ2n) is 4.27. The molecule has 0 saturated carbocycles. The van der Waals surface area contributed by atoms with E-state index < -0.39 is 0 Å². The fraction of sp³-hybridized carbons (Fsp3) is 0.214. The number of hydrogen-bond acceptors (Lipinski definition) is 2. The van der Waals surface area contributed by atoms with E-state index in [2.05, 4.69) is 5.32 Å². The average Bonchev–Trinajstić information content (AvgIpc) is 2.65. The fourth-order valence-electron chi connectivity index (χ4n) is 1.55. The molecule has 0 unspecified atom stereocenters. The molecule has 1 N–H and O–H groups in total. The van der Waals surface area contributed by atoms with E-state index >= 15 is 0 Å². The van der Waals surface area contributed by atoms with Crippen molar-refractivity contribution in [2.45, 2.75) is 20.8 Å². The van der Waals surface area contributed by atoms with Crippen LogP contribution in [0.4, 0.5) is 5.69 Å². The van der Waals surface area contributed by atoms with Crippen LogP contribution in [-0.4, -0.2) is 5.91 Å². The standard InChI is InChI=1S/C14H14ClNOS/c1-8-4-5-11(7-12(8)15)16-14(17)13-6-9(2)10(3)18-13/h4-7H,1-3H3,(H,16,17). The van der Waals surface area contributed by atoms with E-state index in [1.54, 1.807) is 6.07 Å². The van der Waals surface area contributed by atoms with Gasteiger partial charge in [-0.05, 0) is 50.1 Å². The maximum absolute atomic E-state index is 12.0. The molecule has 4 heteroatoms. The number of rotatable bonds is 2. The van der Waals surface area contributed by atoms with Crippen LogP contribution in [0.25, 0.3) is 0 Å². The maximum atomic E-state index is 12.0. The van der Waals surface area contributed by atoms with Crippen molar-refractivity contribution < 1.29 is 4.79 Å². The Kier molecular flexibility index (Phi) is 3.73. The van der Waals surface area contributed by atoms with Gasteiger partial charge >= 0.3 is 0 Å². The SMILES string of the molecule is Cc1ccc(NC(=O)c2cc(C)c(C)s2)cc1Cl. The zero-order valence-electron chi connectivity index (χ0n) is 10.5. The van der Waals surface area contributed by atoms with Crippen LogP contribution in [0.2, 0.25) is 5.02 Å². The van der Waals surface area contributed by atoms with Crippen LogP contribution in [0.5, 0.6) is 0 Å². The number of amides is 1. The van der Waals surface area contributed by atoms with Crippen molar-refractivity contribution in [1.82, 2.24) is 0 Å². The molecule has 1 heterocycles. The Morgan fingerprint density at radius 3 is 2.44 bits per heavy atom. The van der Waals surface area contributed by atoms with E-state index in [-0.39, 0.29) is 5.91 Å². The summed E-state index contributed by atoms with van der Waals surface area (Å²) in [6.45, 7) is 5.95. The van der Waals surface area contributed by atoms with E-state index in [0.717, 1.165) is 21.7 Å². The quantitative estimate of drug-likeness (QED) is 0.857. The van der Waals surface area contributed by atoms with Gasteiger partial charge in [0.05, 0.1) is 4.88 Å². The summed E-state index contributed by atoms with van der Waals surface area (Å²) in [5, 5.41) is 3.51. The topological polar surface area (TPSA) is 29.1 Å². The second kappa shape index (κ2) is 5.12. The third-order valence-corrected chi connectivity index (χ3v) is 4.38. The Morgan fingerprint density at radius 2 is 1.89 bits per heavy atom. The van der Waals surface area contributed by atoms with Gasteiger partial charge in [0.25, 0.3) is 5.91 Å². The molecular formula is C14H14ClNOS. The predicted molar refractivity (Wildman–Crippen MR) is 77.9 cm³/mol. The van der Waals surface area contributed by atoms with Crippen molar-refractivity contribution in [3.05, 3.63) is 50.2 Å². The molecule has 0 atom stereocenters. The van der Waals surface area contributed by atoms with E-state index in [1.165, 1.54) is 16.2 Å². The molecule has 0 saturated heterocycles. The highest BCUT2D eigenvalue weighted by molar-refractivity contribution is 7.14. The molecule has 2 rings (SSSR count). The Bertz CT molecular complexity index is 584. The van der Waals surface area contributed by atoms with Gasteiger partial charge in [0, 0.05) is 15.6 Å². The van der Waals surface area contributed by atoms with Crippen molar-refractivity contribution >= 4 is 34.5 Å². The molecule has 1 amide bonds. The van der Waals surface area contributed by atoms with Crippen molar-refractivity contribution in [3.63, 3.8) is 0 Å². The van der Waals surface area contributed by atoms with Crippen LogP contribution in [0, 0.1) is 20.8 Å². The number of halogens is 1. The van der Waals surface area contributed by atoms with Gasteiger partial charge in [0.2, 0.25) is 0 Å². The summed E-state index contributed by atoms with van der Waals surface area (Å²) in [4.78, 5) is 13.9. The molecule has 0 aliphatic heterocycles. The third-order valence-electron chi connectivity index (χ3n) is 2.82. The highest BCUT2D eigenvalue weighted by Gasteiger charge is 2.11. The van der Waals surface area contributed by atoms with Crippen LogP contribution in [-0.2, 0) is 0 Å². The molecule has 0 bridgehead atoms. The van der Waals surface area contributed by atoms with Crippen molar-refractivity contribution in [2.75, 3.05) is 5.32 Å². The summed E-state index contributed by atoms with van der Waals surface area (Å²) in [7, 11) is 0. The molecule has 2 aromatic rings. The van der Waals surface area contributed by atoms with Gasteiger partial charge in [-0.25, -0.2) is 0 Å². The van der Waals surface area contributed by atoms with E-state index in [1.807, 2.05) is 39.0 Å². The van der Waals surface area contributed by atoms with E-state index in [4.69, 9.17) is 11.6 Å². The Labute approximate surface area is 116 Å². The van der Waals surface area contributed by atoms with Gasteiger partial charge < -0.3 is 5.32 Å². The molecule has 1 aromatic carbocycles. The molecule has 18 heavy (non-hydrogen) atoms. The monoisotopic (exact) mass is 279 g/mol. The lowest BCUT2D eigenvalue weighted by molar-refractivity contribution is 0.103. The Morgan fingerprint density at radius 1 is 1.17 bits per heavy atom. The lowest BCUT2D eigenvalue weighted by Crippen LogP contribution is -2.10. The number of hydrogen-bond donors (Lipinski definition) is 1. The first-order valence-corrected chi connectivity index (χ1v) is 6.81. The van der Waals surface area contributed by atoms with Gasteiger partial charge in [-0.2, -0.15) is 0 Å². The van der Waals surface area contributed by atoms with E-state index in [9.17, 15) is 4.79 Å². The number of aryl methyl sites for hydroxylation is 3. The van der Waals surface area contributed by atoms with Crippen LogP contribution >= 0.6 is 22.9 Å². The van der Waals surface area contributed by atoms with Crippen LogP contribution in [0.3, 0.4) is 0 Å². The smallest absolute Gasteiger partial charge is 0.265 e. The summed E-state index contributed by atoms with van der Waals surface area (Å²) >= 11 is 7.53. The van der Waals surface area contributed by atoms with Gasteiger partial charge in [-0.3, -0.25) is 4.79 Å². The number of thiophene rings is 1. The first kappa shape index (κ1) is 13.1. The van der Waals surface area contributed by atoms with Gasteiger partial charge in [-0.15, -0.1) is 11.3 Å². The lowest BCUT2D eigenvalue weighted by atomic mass is 10.2. The molecule has 0 spiro atoms. The molecular weight excluding hydrogens is 266 g/mol. The summed E-state index contributed by atoms with van der Waals surface area (Å²) in [6.07, 6.45) is 0. The highest BCUT2D eigenvalue weighted by Crippen LogP contribution is 2.23. The first-order chi connectivity index (χ1) is 8.47. The van der Waals surface area contributed by atoms with Crippen molar-refractivity contribution in [2.24, 2.45) is 0 Å². The molecule has 0 aliphatic carbocycles. The van der Waals surface area contributed by atoms with Gasteiger partial charge in [-0.1, -0.05) is 17.7 Å². The number of anilines is 1. The summed E-state index contributed by atoms with van der Waals surface area (Å²) in [5.74, 6) is -0.0869. The van der Waals surface area contributed by atoms with Crippen LogP contribution < -0.4 is 5.32 Å². The lowest BCUT2D eigenvalue weighted by Gasteiger charge is -2.05. The van der Waals surface area contributed by atoms with Crippen molar-refractivity contribution in [3.8, 4) is 0 Å². The number of nitrogens with one attached hydrogen (secondary N) is 1. The minimum atomic E-state index is -0.0869. The van der Waals surface area contributed by atoms with Crippen molar-refractivity contribution in [1.29, 1.82) is 0 Å². The van der Waals surface area contributed by atoms with Crippen LogP contribution in [0.1, 0.15) is 25.7 Å². The first-order valence-electron chi connectivity index (χ1n) is 5.62. The fourth-order valence-corrected chi connectivity index (χ4v) is 2.66. The number of carbonyl (C=O) groups excluding carboxylic acids is 1. The summed E-state index contributed by atoms with van der Waals surface area (Å²) < 4.78 is 0. The molecule has 0 fully saturated rings. The number of benzene rings is 1. The minimum Gasteiger partial charge on any atom is -0.321 e. The normalized spacial score (nSPS) is 10.4. The highest BCUT2D eigenvalue weighted by atomic mass is 35.5. The Hall–Kier alpha value is -1.32.